The maximum Gasteiger partial charge on any atom is 0.301 e. The second kappa shape index (κ2) is 8.97. The number of fused-ring (bicyclic) bond motifs is 1. The number of amides is 1. The Bertz CT molecular complexity index is 1580. The number of Topliss-reactive ketones (excluding diaryl/α,β-unsaturated/α-hetero) is 1. The van der Waals surface area contributed by atoms with Crippen molar-refractivity contribution in [2.75, 3.05) is 4.90 Å². The van der Waals surface area contributed by atoms with E-state index in [-0.39, 0.29) is 27.5 Å². The zero-order chi connectivity index (χ0) is 25.6. The van der Waals surface area contributed by atoms with Crippen LogP contribution in [0.4, 0.5) is 15.2 Å². The number of aliphatic hydroxyl groups excluding tert-OH is 1. The molecular formula is C26H18FN3O5S. The van der Waals surface area contributed by atoms with E-state index in [1.54, 1.807) is 0 Å². The first-order valence-electron chi connectivity index (χ1n) is 11.0. The van der Waals surface area contributed by atoms with E-state index >= 15 is 0 Å². The van der Waals surface area contributed by atoms with Crippen molar-refractivity contribution >= 4 is 49.8 Å². The Morgan fingerprint density at radius 2 is 1.89 bits per heavy atom. The van der Waals surface area contributed by atoms with Crippen LogP contribution in [0.2, 0.25) is 0 Å². The molecule has 0 spiro atoms. The van der Waals surface area contributed by atoms with E-state index in [9.17, 15) is 29.2 Å². The highest BCUT2D eigenvalue weighted by Gasteiger charge is 2.48. The number of nitro benzene ring substituents is 1. The number of rotatable bonds is 5. The average molecular weight is 504 g/mol. The summed E-state index contributed by atoms with van der Waals surface area (Å²) in [6, 6.07) is 14.9. The van der Waals surface area contributed by atoms with Crippen LogP contribution in [-0.4, -0.2) is 26.7 Å². The molecule has 8 nitrogen and oxygen atoms in total. The zero-order valence-corrected chi connectivity index (χ0v) is 19.7. The number of ketones is 1. The van der Waals surface area contributed by atoms with Gasteiger partial charge in [-0.15, -0.1) is 0 Å². The summed E-state index contributed by atoms with van der Waals surface area (Å²) >= 11 is 1.20. The smallest absolute Gasteiger partial charge is 0.301 e. The van der Waals surface area contributed by atoms with Crippen molar-refractivity contribution in [1.82, 2.24) is 4.98 Å². The topological polar surface area (TPSA) is 114 Å². The molecule has 1 saturated heterocycles. The molecule has 3 aromatic carbocycles. The third-order valence-electron chi connectivity index (χ3n) is 6.01. The van der Waals surface area contributed by atoms with Crippen molar-refractivity contribution < 1.29 is 24.0 Å². The summed E-state index contributed by atoms with van der Waals surface area (Å²) in [5, 5.41) is 22.8. The van der Waals surface area contributed by atoms with Crippen LogP contribution in [0.25, 0.3) is 16.0 Å². The lowest BCUT2D eigenvalue weighted by Gasteiger charge is -2.22. The van der Waals surface area contributed by atoms with Crippen LogP contribution in [0.1, 0.15) is 29.7 Å². The van der Waals surface area contributed by atoms with Crippen molar-refractivity contribution in [3.63, 3.8) is 0 Å². The molecule has 0 bridgehead atoms. The van der Waals surface area contributed by atoms with Crippen molar-refractivity contribution in [3.05, 3.63) is 105 Å². The Balaban J connectivity index is 1.74. The standard InChI is InChI=1S/C26H18FN3O5S/c1-2-14-6-11-19-20(12-14)36-26(28-19)29-22(16-4-3-5-18(13-16)30(34)35)21(24(32)25(29)33)23(31)15-7-9-17(27)10-8-15/h3-13,22,31H,2H2,1H3/t22-/m0/s1. The minimum absolute atomic E-state index is 0.127. The number of carbonyl (C=O) groups excluding carboxylic acids is 2. The van der Waals surface area contributed by atoms with Gasteiger partial charge >= 0.3 is 5.91 Å². The fourth-order valence-electron chi connectivity index (χ4n) is 4.20. The molecule has 1 aliphatic heterocycles. The number of aryl methyl sites for hydroxylation is 1. The Hall–Kier alpha value is -4.44. The maximum absolute atomic E-state index is 13.5. The lowest BCUT2D eigenvalue weighted by atomic mass is 9.95. The molecular weight excluding hydrogens is 485 g/mol. The molecule has 1 atom stereocenters. The summed E-state index contributed by atoms with van der Waals surface area (Å²) < 4.78 is 14.3. The van der Waals surface area contributed by atoms with Crippen LogP contribution in [0.5, 0.6) is 0 Å². The monoisotopic (exact) mass is 503 g/mol. The first-order chi connectivity index (χ1) is 17.3. The minimum atomic E-state index is -1.18. The first-order valence-corrected chi connectivity index (χ1v) is 11.8. The number of aliphatic hydroxyl groups is 1. The Labute approximate surface area is 208 Å². The average Bonchev–Trinajstić information content (AvgIpc) is 3.41. The third-order valence-corrected chi connectivity index (χ3v) is 7.03. The lowest BCUT2D eigenvalue weighted by molar-refractivity contribution is -0.384. The molecule has 36 heavy (non-hydrogen) atoms. The number of anilines is 1. The van der Waals surface area contributed by atoms with Crippen LogP contribution >= 0.6 is 11.3 Å². The predicted octanol–water partition coefficient (Wildman–Crippen LogP) is 5.53. The molecule has 0 unspecified atom stereocenters. The first kappa shape index (κ1) is 23.3. The SMILES string of the molecule is CCc1ccc2nc(N3C(=O)C(=O)C(=C(O)c4ccc(F)cc4)[C@@H]3c3cccc([N+](=O)[O-])c3)sc2c1. The zero-order valence-electron chi connectivity index (χ0n) is 18.8. The predicted molar refractivity (Wildman–Crippen MR) is 133 cm³/mol. The molecule has 180 valence electrons. The quantitative estimate of drug-likeness (QED) is 0.126. The van der Waals surface area contributed by atoms with Gasteiger partial charge in [0.15, 0.2) is 5.13 Å². The largest absolute Gasteiger partial charge is 0.507 e. The molecule has 2 heterocycles. The number of nitro groups is 1. The van der Waals surface area contributed by atoms with Crippen LogP contribution in [0.3, 0.4) is 0 Å². The molecule has 4 aromatic rings. The number of non-ortho nitro benzene ring substituents is 1. The molecule has 5 rings (SSSR count). The number of hydrogen-bond donors (Lipinski definition) is 1. The van der Waals surface area contributed by atoms with Gasteiger partial charge in [-0.1, -0.05) is 36.5 Å². The second-order valence-electron chi connectivity index (χ2n) is 8.18. The van der Waals surface area contributed by atoms with Crippen molar-refractivity contribution in [3.8, 4) is 0 Å². The van der Waals surface area contributed by atoms with E-state index in [1.807, 2.05) is 25.1 Å². The van der Waals surface area contributed by atoms with Gasteiger partial charge in [0.05, 0.1) is 26.8 Å². The van der Waals surface area contributed by atoms with E-state index in [0.717, 1.165) is 33.7 Å². The summed E-state index contributed by atoms with van der Waals surface area (Å²) in [5.74, 6) is -2.95. The number of nitrogens with zero attached hydrogens (tertiary/aromatic N) is 3. The highest BCUT2D eigenvalue weighted by molar-refractivity contribution is 7.22. The summed E-state index contributed by atoms with van der Waals surface area (Å²) in [6.45, 7) is 2.01. The highest BCUT2D eigenvalue weighted by atomic mass is 32.1. The van der Waals surface area contributed by atoms with Gasteiger partial charge in [-0.3, -0.25) is 24.6 Å². The fraction of sp³-hybridized carbons (Fsp3) is 0.115. The summed E-state index contributed by atoms with van der Waals surface area (Å²) in [4.78, 5) is 43.1. The maximum atomic E-state index is 13.5. The number of hydrogen-bond acceptors (Lipinski definition) is 7. The second-order valence-corrected chi connectivity index (χ2v) is 9.19. The molecule has 1 fully saturated rings. The minimum Gasteiger partial charge on any atom is -0.507 e. The number of carbonyl (C=O) groups is 2. The van der Waals surface area contributed by atoms with Crippen LogP contribution in [-0.2, 0) is 16.0 Å². The molecule has 10 heteroatoms. The van der Waals surface area contributed by atoms with Crippen molar-refractivity contribution in [2.45, 2.75) is 19.4 Å². The molecule has 0 radical (unpaired) electrons. The summed E-state index contributed by atoms with van der Waals surface area (Å²) in [5.41, 5.74) is 1.58. The van der Waals surface area contributed by atoms with Gasteiger partial charge in [-0.05, 0) is 53.9 Å². The molecule has 1 amide bonds. The fourth-order valence-corrected chi connectivity index (χ4v) is 5.25. The van der Waals surface area contributed by atoms with Gasteiger partial charge in [0.25, 0.3) is 11.5 Å². The van der Waals surface area contributed by atoms with E-state index in [4.69, 9.17) is 0 Å². The lowest BCUT2D eigenvalue weighted by Crippen LogP contribution is -2.29. The Morgan fingerprint density at radius 1 is 1.14 bits per heavy atom. The van der Waals surface area contributed by atoms with Gasteiger partial charge < -0.3 is 5.11 Å². The van der Waals surface area contributed by atoms with Gasteiger partial charge in [-0.2, -0.15) is 0 Å². The van der Waals surface area contributed by atoms with E-state index in [1.165, 1.54) is 47.7 Å². The number of aromatic nitrogens is 1. The van der Waals surface area contributed by atoms with Gasteiger partial charge in [0, 0.05) is 17.7 Å². The van der Waals surface area contributed by atoms with Gasteiger partial charge in [-0.25, -0.2) is 9.37 Å². The molecule has 1 aliphatic rings. The van der Waals surface area contributed by atoms with E-state index in [2.05, 4.69) is 4.98 Å². The van der Waals surface area contributed by atoms with E-state index < -0.39 is 34.2 Å². The molecule has 1 aromatic heterocycles. The van der Waals surface area contributed by atoms with Crippen LogP contribution < -0.4 is 4.90 Å². The Kier molecular flexibility index (Phi) is 5.81. The summed E-state index contributed by atoms with van der Waals surface area (Å²) in [7, 11) is 0. The normalized spacial score (nSPS) is 17.2. The van der Waals surface area contributed by atoms with Crippen LogP contribution in [0, 0.1) is 15.9 Å². The number of halogens is 1. The molecule has 1 N–H and O–H groups in total. The summed E-state index contributed by atoms with van der Waals surface area (Å²) in [6.07, 6.45) is 0.805. The number of benzene rings is 3. The van der Waals surface area contributed by atoms with Crippen LogP contribution in [0.15, 0.2) is 72.3 Å². The number of thiazole rings is 1. The van der Waals surface area contributed by atoms with Gasteiger partial charge in [0.2, 0.25) is 0 Å². The van der Waals surface area contributed by atoms with Crippen molar-refractivity contribution in [2.24, 2.45) is 0 Å². The Morgan fingerprint density at radius 3 is 2.58 bits per heavy atom. The van der Waals surface area contributed by atoms with Gasteiger partial charge in [0.1, 0.15) is 11.6 Å². The molecule has 0 aliphatic carbocycles. The highest BCUT2D eigenvalue weighted by Crippen LogP contribution is 2.44. The third kappa shape index (κ3) is 3.91. The van der Waals surface area contributed by atoms with Crippen molar-refractivity contribution in [1.29, 1.82) is 0 Å². The molecule has 0 saturated carbocycles. The van der Waals surface area contributed by atoms with E-state index in [0.29, 0.717) is 5.52 Å².